The number of halogens is 1. The van der Waals surface area contributed by atoms with Gasteiger partial charge in [-0.2, -0.15) is 4.79 Å². The van der Waals surface area contributed by atoms with Crippen LogP contribution in [0.25, 0.3) is 16.9 Å². The van der Waals surface area contributed by atoms with E-state index in [-0.39, 0.29) is 18.9 Å². The van der Waals surface area contributed by atoms with Crippen LogP contribution in [-0.4, -0.2) is 45.0 Å². The Morgan fingerprint density at radius 3 is 2.94 bits per heavy atom. The minimum Gasteiger partial charge on any atom is -0.493 e. The van der Waals surface area contributed by atoms with E-state index in [1.807, 2.05) is 16.7 Å². The Bertz CT molecular complexity index is 1300. The lowest BCUT2D eigenvalue weighted by Gasteiger charge is -2.13. The van der Waals surface area contributed by atoms with Crippen LogP contribution in [0.1, 0.15) is 16.8 Å². The summed E-state index contributed by atoms with van der Waals surface area (Å²) >= 11 is 0. The summed E-state index contributed by atoms with van der Waals surface area (Å²) in [6, 6.07) is 5.02. The zero-order chi connectivity index (χ0) is 22.2. The van der Waals surface area contributed by atoms with Crippen LogP contribution in [0.4, 0.5) is 16.2 Å². The number of fused-ring (bicyclic) bond motifs is 2. The summed E-state index contributed by atoms with van der Waals surface area (Å²) in [5.74, 6) is 1.72. The summed E-state index contributed by atoms with van der Waals surface area (Å²) in [5.41, 5.74) is 13.3. The Morgan fingerprint density at radius 1 is 1.28 bits per heavy atom. The molecule has 166 valence electrons. The molecule has 5 N–H and O–H groups in total. The minimum atomic E-state index is -0.264. The number of rotatable bonds is 7. The quantitative estimate of drug-likeness (QED) is 0.346. The molecule has 0 saturated heterocycles. The van der Waals surface area contributed by atoms with Crippen molar-refractivity contribution in [3.63, 3.8) is 0 Å². The predicted molar refractivity (Wildman–Crippen MR) is 120 cm³/mol. The van der Waals surface area contributed by atoms with Crippen molar-refractivity contribution in [2.75, 3.05) is 36.8 Å². The molecule has 0 spiro atoms. The lowest BCUT2D eigenvalue weighted by Crippen LogP contribution is -2.13. The molecule has 0 unspecified atom stereocenters. The summed E-state index contributed by atoms with van der Waals surface area (Å²) in [5, 5.41) is 10.7. The van der Waals surface area contributed by atoms with E-state index >= 15 is 0 Å². The highest BCUT2D eigenvalue weighted by atomic mass is 19.1. The molecule has 0 saturated carbocycles. The predicted octanol–water partition coefficient (Wildman–Crippen LogP) is 1.95. The SMILES string of the molecule is CNc1cc(-c2cnc(NCc3c(F)ccc4c3CCO4)n3cc(CN)nc23)n(NC)n1. The van der Waals surface area contributed by atoms with Crippen LogP contribution < -0.4 is 26.5 Å². The minimum absolute atomic E-state index is 0.264. The molecule has 0 fully saturated rings. The first-order valence-corrected chi connectivity index (χ1v) is 10.3. The number of benzene rings is 1. The van der Waals surface area contributed by atoms with Gasteiger partial charge in [0, 0.05) is 63.2 Å². The van der Waals surface area contributed by atoms with Crippen LogP contribution in [-0.2, 0) is 19.5 Å². The summed E-state index contributed by atoms with van der Waals surface area (Å²) in [6.45, 7) is 1.12. The van der Waals surface area contributed by atoms with E-state index in [2.05, 4.69) is 31.1 Å². The van der Waals surface area contributed by atoms with Crippen molar-refractivity contribution in [3.05, 3.63) is 53.2 Å². The number of imidazole rings is 1. The zero-order valence-corrected chi connectivity index (χ0v) is 17.8. The van der Waals surface area contributed by atoms with E-state index in [0.717, 1.165) is 22.6 Å². The Hall–Kier alpha value is -3.86. The van der Waals surface area contributed by atoms with Gasteiger partial charge < -0.3 is 26.5 Å². The highest BCUT2D eigenvalue weighted by Crippen LogP contribution is 2.31. The molecule has 1 aliphatic rings. The van der Waals surface area contributed by atoms with Gasteiger partial charge in [0.1, 0.15) is 11.6 Å². The number of anilines is 2. The van der Waals surface area contributed by atoms with Crippen LogP contribution in [0.15, 0.2) is 30.6 Å². The van der Waals surface area contributed by atoms with Crippen molar-refractivity contribution >= 4 is 17.4 Å². The Labute approximate surface area is 183 Å². The Balaban J connectivity index is 1.55. The van der Waals surface area contributed by atoms with Gasteiger partial charge in [0.2, 0.25) is 5.95 Å². The number of hydrogen-bond acceptors (Lipinski definition) is 8. The van der Waals surface area contributed by atoms with E-state index < -0.39 is 0 Å². The molecular weight excluding hydrogens is 413 g/mol. The lowest BCUT2D eigenvalue weighted by atomic mass is 10.0. The Morgan fingerprint density at radius 2 is 2.16 bits per heavy atom. The molecule has 0 atom stereocenters. The van der Waals surface area contributed by atoms with E-state index in [1.54, 1.807) is 31.1 Å². The van der Waals surface area contributed by atoms with Crippen LogP contribution in [0.2, 0.25) is 0 Å². The summed E-state index contributed by atoms with van der Waals surface area (Å²) in [7, 11) is 3.59. The molecule has 3 aromatic heterocycles. The molecule has 32 heavy (non-hydrogen) atoms. The van der Waals surface area contributed by atoms with Crippen LogP contribution in [0, 0.1) is 5.82 Å². The van der Waals surface area contributed by atoms with E-state index in [0.29, 0.717) is 41.7 Å². The molecule has 4 aromatic rings. The van der Waals surface area contributed by atoms with Gasteiger partial charge in [-0.15, -0.1) is 5.10 Å². The number of ether oxygens (including phenoxy) is 1. The number of nitrogens with zero attached hydrogens (tertiary/aromatic N) is 5. The summed E-state index contributed by atoms with van der Waals surface area (Å²) < 4.78 is 22.0. The van der Waals surface area contributed by atoms with Crippen molar-refractivity contribution in [2.24, 2.45) is 5.73 Å². The van der Waals surface area contributed by atoms with E-state index in [9.17, 15) is 4.39 Å². The number of hydrogen-bond donors (Lipinski definition) is 4. The maximum Gasteiger partial charge on any atom is 0.208 e. The van der Waals surface area contributed by atoms with Gasteiger partial charge in [-0.1, -0.05) is 0 Å². The third-order valence-electron chi connectivity index (χ3n) is 5.57. The topological polar surface area (TPSA) is 119 Å². The van der Waals surface area contributed by atoms with Gasteiger partial charge in [-0.05, 0) is 12.1 Å². The molecule has 1 aliphatic heterocycles. The first kappa shape index (κ1) is 20.1. The molecule has 11 heteroatoms. The maximum atomic E-state index is 14.6. The van der Waals surface area contributed by atoms with E-state index in [1.165, 1.54) is 6.07 Å². The molecule has 5 rings (SSSR count). The largest absolute Gasteiger partial charge is 0.493 e. The smallest absolute Gasteiger partial charge is 0.208 e. The fraction of sp³-hybridized carbons (Fsp3) is 0.286. The highest BCUT2D eigenvalue weighted by molar-refractivity contribution is 5.78. The first-order chi connectivity index (χ1) is 15.6. The average molecular weight is 437 g/mol. The monoisotopic (exact) mass is 437 g/mol. The second-order valence-electron chi connectivity index (χ2n) is 7.38. The lowest BCUT2D eigenvalue weighted by molar-refractivity contribution is 0.356. The molecule has 0 aliphatic carbocycles. The van der Waals surface area contributed by atoms with Gasteiger partial charge >= 0.3 is 0 Å². The highest BCUT2D eigenvalue weighted by Gasteiger charge is 2.21. The summed E-state index contributed by atoms with van der Waals surface area (Å²) in [6.07, 6.45) is 4.25. The molecule has 10 nitrogen and oxygen atoms in total. The molecule has 1 aromatic carbocycles. The fourth-order valence-corrected chi connectivity index (χ4v) is 3.98. The van der Waals surface area contributed by atoms with Gasteiger partial charge in [-0.3, -0.25) is 4.40 Å². The molecule has 4 heterocycles. The van der Waals surface area contributed by atoms with E-state index in [4.69, 9.17) is 10.5 Å². The molecule has 0 amide bonds. The molecule has 0 bridgehead atoms. The van der Waals surface area contributed by atoms with Crippen molar-refractivity contribution in [2.45, 2.75) is 19.5 Å². The van der Waals surface area contributed by atoms with Crippen LogP contribution in [0.5, 0.6) is 5.75 Å². The Kier molecular flexibility index (Phi) is 5.02. The van der Waals surface area contributed by atoms with Gasteiger partial charge in [-0.25, -0.2) is 14.4 Å². The van der Waals surface area contributed by atoms with Crippen molar-refractivity contribution in [3.8, 4) is 17.0 Å². The molecular formula is C21H24FN9O. The summed E-state index contributed by atoms with van der Waals surface area (Å²) in [4.78, 5) is 10.9. The van der Waals surface area contributed by atoms with Crippen LogP contribution in [0.3, 0.4) is 0 Å². The number of aromatic nitrogens is 5. The van der Waals surface area contributed by atoms with Gasteiger partial charge in [0.15, 0.2) is 11.5 Å². The zero-order valence-electron chi connectivity index (χ0n) is 17.8. The van der Waals surface area contributed by atoms with Crippen molar-refractivity contribution in [1.29, 1.82) is 0 Å². The third kappa shape index (κ3) is 3.26. The second-order valence-corrected chi connectivity index (χ2v) is 7.38. The van der Waals surface area contributed by atoms with Gasteiger partial charge in [0.05, 0.1) is 23.6 Å². The van der Waals surface area contributed by atoms with Gasteiger partial charge in [0.25, 0.3) is 0 Å². The molecule has 0 radical (unpaired) electrons. The normalized spacial score (nSPS) is 12.6. The van der Waals surface area contributed by atoms with Crippen LogP contribution >= 0.6 is 0 Å². The second kappa shape index (κ2) is 8.00. The number of nitrogens with two attached hydrogens (primary N) is 1. The fourth-order valence-electron chi connectivity index (χ4n) is 3.98. The standard InChI is InChI=1S/C21H24FN9O/c1-24-19-7-17(31(25-2)29-19)15-10-27-21(30-11-12(8-23)28-20(15)30)26-9-14-13-5-6-32-18(13)4-3-16(14)22/h3-4,7,10-11,25H,5-6,8-9,23H2,1-2H3,(H,24,29)(H,26,27). The third-order valence-corrected chi connectivity index (χ3v) is 5.57. The first-order valence-electron chi connectivity index (χ1n) is 10.3. The maximum absolute atomic E-state index is 14.6. The van der Waals surface area contributed by atoms with Crippen molar-refractivity contribution < 1.29 is 9.13 Å². The average Bonchev–Trinajstić information content (AvgIpc) is 3.55. The number of nitrogens with one attached hydrogen (secondary N) is 3. The van der Waals surface area contributed by atoms with Crippen molar-refractivity contribution in [1.82, 2.24) is 24.3 Å².